The molecule has 6 N–H and O–H groups in total. The molecule has 0 saturated carbocycles. The van der Waals surface area contributed by atoms with E-state index in [-0.39, 0.29) is 12.5 Å². The number of amides is 1. The van der Waals surface area contributed by atoms with Crippen molar-refractivity contribution in [2.24, 2.45) is 0 Å². The maximum Gasteiger partial charge on any atom is 0.220 e. The summed E-state index contributed by atoms with van der Waals surface area (Å²) in [5.41, 5.74) is 0. The van der Waals surface area contributed by atoms with E-state index < -0.39 is 49.5 Å². The minimum Gasteiger partial charge on any atom is -0.394 e. The van der Waals surface area contributed by atoms with Crippen molar-refractivity contribution in [1.29, 1.82) is 0 Å². The molecule has 466 valence electrons. The van der Waals surface area contributed by atoms with Crippen molar-refractivity contribution in [3.8, 4) is 0 Å². The molecule has 7 atom stereocenters. The Morgan fingerprint density at radius 1 is 0.385 bits per heavy atom. The number of unbranched alkanes of at least 4 members (excludes halogenated alkanes) is 53. The molecule has 0 aromatic rings. The lowest BCUT2D eigenvalue weighted by Crippen LogP contribution is -2.60. The predicted molar refractivity (Wildman–Crippen MR) is 332 cm³/mol. The second kappa shape index (κ2) is 59.4. The van der Waals surface area contributed by atoms with Crippen LogP contribution in [0.25, 0.3) is 0 Å². The Labute approximate surface area is 484 Å². The summed E-state index contributed by atoms with van der Waals surface area (Å²) < 4.78 is 11.4. The van der Waals surface area contributed by atoms with Crippen LogP contribution < -0.4 is 5.32 Å². The van der Waals surface area contributed by atoms with Gasteiger partial charge >= 0.3 is 0 Å². The van der Waals surface area contributed by atoms with Gasteiger partial charge < -0.3 is 40.3 Å². The van der Waals surface area contributed by atoms with Gasteiger partial charge in [-0.2, -0.15) is 0 Å². The van der Waals surface area contributed by atoms with E-state index in [1.54, 1.807) is 0 Å². The third-order valence-corrected chi connectivity index (χ3v) is 17.5. The van der Waals surface area contributed by atoms with Crippen LogP contribution in [0.4, 0.5) is 0 Å². The summed E-state index contributed by atoms with van der Waals surface area (Å²) in [6, 6.07) is -0.714. The number of carbonyl (C=O) groups excluding carboxylic acids is 1. The largest absolute Gasteiger partial charge is 0.394 e. The zero-order chi connectivity index (χ0) is 56.5. The highest BCUT2D eigenvalue weighted by Gasteiger charge is 2.44. The molecule has 0 bridgehead atoms. The lowest BCUT2D eigenvalue weighted by Gasteiger charge is -2.40. The fraction of sp³-hybridized carbons (Fsp3) is 0.986. The van der Waals surface area contributed by atoms with Gasteiger partial charge in [0.15, 0.2) is 6.29 Å². The molecule has 1 rings (SSSR count). The fourth-order valence-electron chi connectivity index (χ4n) is 11.9. The van der Waals surface area contributed by atoms with E-state index in [9.17, 15) is 30.3 Å². The van der Waals surface area contributed by atoms with Crippen molar-refractivity contribution in [3.05, 3.63) is 0 Å². The first-order valence-corrected chi connectivity index (χ1v) is 35.2. The first-order valence-electron chi connectivity index (χ1n) is 35.2. The van der Waals surface area contributed by atoms with Crippen LogP contribution in [0.1, 0.15) is 380 Å². The van der Waals surface area contributed by atoms with E-state index >= 15 is 0 Å². The lowest BCUT2D eigenvalue weighted by atomic mass is 9.99. The monoisotopic (exact) mass is 1110 g/mol. The molecule has 0 radical (unpaired) electrons. The van der Waals surface area contributed by atoms with E-state index in [1.807, 2.05) is 0 Å². The molecule has 1 aliphatic heterocycles. The Bertz CT molecular complexity index is 1190. The van der Waals surface area contributed by atoms with E-state index in [0.717, 1.165) is 38.5 Å². The summed E-state index contributed by atoms with van der Waals surface area (Å²) >= 11 is 0. The summed E-state index contributed by atoms with van der Waals surface area (Å²) in [6.45, 7) is 3.90. The van der Waals surface area contributed by atoms with Crippen LogP contribution in [-0.2, 0) is 14.3 Å². The van der Waals surface area contributed by atoms with Gasteiger partial charge in [-0.3, -0.25) is 4.79 Å². The highest BCUT2D eigenvalue weighted by molar-refractivity contribution is 5.76. The average molecular weight is 1110 g/mol. The highest BCUT2D eigenvalue weighted by Crippen LogP contribution is 2.24. The Hall–Kier alpha value is -0.810. The van der Waals surface area contributed by atoms with Crippen molar-refractivity contribution in [2.45, 2.75) is 423 Å². The number of nitrogens with one attached hydrogen (secondary N) is 1. The van der Waals surface area contributed by atoms with Crippen molar-refractivity contribution in [1.82, 2.24) is 5.32 Å². The van der Waals surface area contributed by atoms with Gasteiger partial charge in [0, 0.05) is 6.42 Å². The van der Waals surface area contributed by atoms with Crippen molar-refractivity contribution >= 4 is 5.91 Å². The molecule has 78 heavy (non-hydrogen) atoms. The van der Waals surface area contributed by atoms with E-state index in [2.05, 4.69) is 19.2 Å². The van der Waals surface area contributed by atoms with E-state index in [0.29, 0.717) is 12.8 Å². The Kier molecular flexibility index (Phi) is 57.2. The van der Waals surface area contributed by atoms with Gasteiger partial charge in [-0.15, -0.1) is 0 Å². The molecule has 1 heterocycles. The van der Waals surface area contributed by atoms with Gasteiger partial charge in [0.25, 0.3) is 0 Å². The molecular formula is C69H137NO8. The van der Waals surface area contributed by atoms with Gasteiger partial charge in [0.2, 0.25) is 5.91 Å². The predicted octanol–water partition coefficient (Wildman–Crippen LogP) is 18.9. The number of rotatable bonds is 63. The van der Waals surface area contributed by atoms with Gasteiger partial charge in [-0.05, 0) is 12.8 Å². The Morgan fingerprint density at radius 2 is 0.641 bits per heavy atom. The number of hydrogen-bond acceptors (Lipinski definition) is 8. The topological polar surface area (TPSA) is 149 Å². The maximum atomic E-state index is 13.1. The van der Waals surface area contributed by atoms with Gasteiger partial charge in [0.05, 0.1) is 25.4 Å². The summed E-state index contributed by atoms with van der Waals surface area (Å²) in [5, 5.41) is 54.8. The molecule has 1 aliphatic rings. The fourth-order valence-corrected chi connectivity index (χ4v) is 11.9. The number of carbonyl (C=O) groups is 1. The smallest absolute Gasteiger partial charge is 0.220 e. The summed E-state index contributed by atoms with van der Waals surface area (Å²) in [6.07, 6.45) is 67.6. The van der Waals surface area contributed by atoms with Crippen LogP contribution >= 0.6 is 0 Å². The van der Waals surface area contributed by atoms with Gasteiger partial charge in [0.1, 0.15) is 24.4 Å². The second-order valence-corrected chi connectivity index (χ2v) is 25.0. The lowest BCUT2D eigenvalue weighted by molar-refractivity contribution is -0.302. The normalized spacial score (nSPS) is 18.5. The number of aliphatic hydroxyl groups is 5. The number of hydrogen-bond donors (Lipinski definition) is 6. The minimum absolute atomic E-state index is 0.131. The summed E-state index contributed by atoms with van der Waals surface area (Å²) in [7, 11) is 0. The Balaban J connectivity index is 2.03. The maximum absolute atomic E-state index is 13.1. The average Bonchev–Trinajstić information content (AvgIpc) is 3.45. The van der Waals surface area contributed by atoms with Gasteiger partial charge in [-0.1, -0.05) is 361 Å². The minimum atomic E-state index is -1.55. The molecule has 0 aliphatic carbocycles. The molecule has 1 saturated heterocycles. The number of ether oxygens (including phenoxy) is 2. The molecular weight excluding hydrogens is 971 g/mol. The molecule has 9 nitrogen and oxygen atoms in total. The molecule has 0 spiro atoms. The van der Waals surface area contributed by atoms with Crippen molar-refractivity contribution in [3.63, 3.8) is 0 Å². The van der Waals surface area contributed by atoms with Crippen LogP contribution in [-0.4, -0.2) is 87.5 Å². The van der Waals surface area contributed by atoms with Crippen LogP contribution in [0.2, 0.25) is 0 Å². The summed E-state index contributed by atoms with van der Waals surface area (Å²) in [5.74, 6) is -0.134. The van der Waals surface area contributed by atoms with Crippen LogP contribution in [0.3, 0.4) is 0 Å². The zero-order valence-electron chi connectivity index (χ0n) is 52.2. The number of aliphatic hydroxyl groups excluding tert-OH is 5. The molecule has 0 aromatic carbocycles. The summed E-state index contributed by atoms with van der Waals surface area (Å²) in [4.78, 5) is 13.1. The standard InChI is InChI=1S/C69H137NO8/c1-3-5-7-9-11-13-15-17-19-21-23-24-25-26-27-28-29-30-31-32-33-34-35-36-37-38-39-40-41-43-45-47-49-51-53-55-57-59-65(73)70-62(61-77-69-68(76)67(75)66(74)64(60-71)78-69)63(72)58-56-54-52-50-48-46-44-42-22-20-18-16-14-12-10-8-6-4-2/h62-64,66-69,71-72,74-76H,3-61H2,1-2H3,(H,70,73). The quantitative estimate of drug-likeness (QED) is 0.0330. The molecule has 1 fully saturated rings. The first-order chi connectivity index (χ1) is 38.3. The molecule has 9 heteroatoms. The zero-order valence-corrected chi connectivity index (χ0v) is 52.2. The second-order valence-electron chi connectivity index (χ2n) is 25.0. The molecule has 1 amide bonds. The third kappa shape index (κ3) is 47.7. The first kappa shape index (κ1) is 75.2. The van der Waals surface area contributed by atoms with Crippen LogP contribution in [0.15, 0.2) is 0 Å². The van der Waals surface area contributed by atoms with Gasteiger partial charge in [-0.25, -0.2) is 0 Å². The van der Waals surface area contributed by atoms with E-state index in [1.165, 1.54) is 315 Å². The van der Waals surface area contributed by atoms with Crippen LogP contribution in [0, 0.1) is 0 Å². The Morgan fingerprint density at radius 3 is 0.910 bits per heavy atom. The highest BCUT2D eigenvalue weighted by atomic mass is 16.7. The molecule has 0 aromatic heterocycles. The van der Waals surface area contributed by atoms with E-state index in [4.69, 9.17) is 9.47 Å². The van der Waals surface area contributed by atoms with Crippen molar-refractivity contribution < 1.29 is 39.8 Å². The third-order valence-electron chi connectivity index (χ3n) is 17.5. The van der Waals surface area contributed by atoms with Crippen LogP contribution in [0.5, 0.6) is 0 Å². The van der Waals surface area contributed by atoms with Crippen molar-refractivity contribution in [2.75, 3.05) is 13.2 Å². The molecule has 7 unspecified atom stereocenters. The SMILES string of the molecule is CCCCCCCCCCCCCCCCCCCCCCCCCCCCCCCCCCCCCCCC(=O)NC(COC1OC(CO)C(O)C(O)C1O)C(O)CCCCCCCCCCCCCCCCCCCC.